The lowest BCUT2D eigenvalue weighted by Gasteiger charge is -2.10. The van der Waals surface area contributed by atoms with Gasteiger partial charge in [0.25, 0.3) is 0 Å². The topological polar surface area (TPSA) is 93.1 Å². The molecule has 0 heterocycles. The molecule has 2 N–H and O–H groups in total. The van der Waals surface area contributed by atoms with E-state index in [1.165, 1.54) is 37.5 Å². The first-order valence-electron chi connectivity index (χ1n) is 6.79. The first kappa shape index (κ1) is 19.3. The molecule has 1 atom stereocenters. The maximum atomic E-state index is 12.1. The van der Waals surface area contributed by atoms with Crippen LogP contribution >= 0.6 is 30.8 Å². The van der Waals surface area contributed by atoms with E-state index in [-0.39, 0.29) is 21.4 Å². The van der Waals surface area contributed by atoms with E-state index in [9.17, 15) is 14.3 Å². The molecule has 0 aromatic heterocycles. The van der Waals surface area contributed by atoms with Crippen molar-refractivity contribution in [2.75, 3.05) is 7.11 Å². The van der Waals surface area contributed by atoms with Crippen LogP contribution in [0.4, 0.5) is 0 Å². The zero-order chi connectivity index (χ0) is 18.6. The first-order chi connectivity index (χ1) is 11.7. The Kier molecular flexibility index (Phi) is 6.14. The molecular weight excluding hydrogens is 390 g/mol. The van der Waals surface area contributed by atoms with E-state index in [1.807, 2.05) is 0 Å². The van der Waals surface area contributed by atoms with Crippen molar-refractivity contribution in [2.24, 2.45) is 0 Å². The summed E-state index contributed by atoms with van der Waals surface area (Å²) in [6.45, 7) is 0. The number of methoxy groups -OCH3 is 1. The number of ether oxygens (including phenoxy) is 1. The third-order valence-electron chi connectivity index (χ3n) is 3.01. The van der Waals surface area contributed by atoms with Crippen LogP contribution in [-0.4, -0.2) is 23.1 Å². The second-order valence-corrected chi connectivity index (χ2v) is 7.24. The van der Waals surface area contributed by atoms with Gasteiger partial charge in [0.05, 0.1) is 22.7 Å². The van der Waals surface area contributed by atoms with Gasteiger partial charge in [-0.1, -0.05) is 29.3 Å². The first-order valence-corrected chi connectivity index (χ1v) is 9.20. The lowest BCUT2D eigenvalue weighted by Crippen LogP contribution is -1.99. The molecule has 2 aromatic carbocycles. The Bertz CT molecular complexity index is 858. The molecular formula is C16H13Cl2O6P. The second kappa shape index (κ2) is 7.93. The smallest absolute Gasteiger partial charge is 0.401 e. The van der Waals surface area contributed by atoms with Gasteiger partial charge in [0.1, 0.15) is 11.5 Å². The summed E-state index contributed by atoms with van der Waals surface area (Å²) in [5.74, 6) is 0.325. The highest BCUT2D eigenvalue weighted by molar-refractivity contribution is 7.56. The molecule has 0 aliphatic heterocycles. The van der Waals surface area contributed by atoms with Crippen molar-refractivity contribution in [3.05, 3.63) is 63.4 Å². The number of benzene rings is 2. The summed E-state index contributed by atoms with van der Waals surface area (Å²) in [6.07, 6.45) is 1.27. The van der Waals surface area contributed by atoms with Gasteiger partial charge in [-0.25, -0.2) is 9.36 Å². The summed E-state index contributed by atoms with van der Waals surface area (Å²) < 4.78 is 22.2. The maximum absolute atomic E-state index is 12.1. The quantitative estimate of drug-likeness (QED) is 0.664. The Morgan fingerprint density at radius 3 is 2.32 bits per heavy atom. The zero-order valence-corrected chi connectivity index (χ0v) is 15.3. The van der Waals surface area contributed by atoms with Crippen LogP contribution in [0.5, 0.6) is 11.5 Å². The molecule has 132 valence electrons. The van der Waals surface area contributed by atoms with Crippen molar-refractivity contribution in [1.82, 2.24) is 0 Å². The van der Waals surface area contributed by atoms with Crippen molar-refractivity contribution in [2.45, 2.75) is 0 Å². The minimum Gasteiger partial charge on any atom is -0.497 e. The van der Waals surface area contributed by atoms with Gasteiger partial charge >= 0.3 is 13.6 Å². The molecule has 0 aliphatic carbocycles. The maximum Gasteiger partial charge on any atom is 0.401 e. The normalized spacial score (nSPS) is 13.4. The standard InChI is InChI=1S/C16H13Cl2O6P/c1-23-11-3-2-4-12(9-11)24-25(21,22)6-5-10-7-13(17)15(16(19)20)14(18)8-10/h2-9H,1H3,(H,19,20)(H,21,22)/b6-5+. The number of carboxylic acids is 1. The molecule has 0 fully saturated rings. The van der Waals surface area contributed by atoms with Crippen LogP contribution in [0.3, 0.4) is 0 Å². The Morgan fingerprint density at radius 2 is 1.76 bits per heavy atom. The van der Waals surface area contributed by atoms with Crippen LogP contribution in [0.2, 0.25) is 10.0 Å². The fourth-order valence-electron chi connectivity index (χ4n) is 1.91. The minimum absolute atomic E-state index is 0.0823. The zero-order valence-electron chi connectivity index (χ0n) is 12.8. The Labute approximate surface area is 153 Å². The van der Waals surface area contributed by atoms with Gasteiger partial charge in [-0.15, -0.1) is 0 Å². The number of aromatic carboxylic acids is 1. The molecule has 0 amide bonds. The molecule has 0 radical (unpaired) electrons. The molecule has 0 bridgehead atoms. The highest BCUT2D eigenvalue weighted by Gasteiger charge is 2.18. The molecule has 2 aromatic rings. The molecule has 6 nitrogen and oxygen atoms in total. The van der Waals surface area contributed by atoms with Crippen molar-refractivity contribution in [3.8, 4) is 11.5 Å². The van der Waals surface area contributed by atoms with E-state index in [4.69, 9.17) is 37.6 Å². The summed E-state index contributed by atoms with van der Waals surface area (Å²) in [5, 5.41) is 8.84. The molecule has 0 spiro atoms. The molecule has 0 saturated carbocycles. The number of rotatable bonds is 6. The van der Waals surface area contributed by atoms with E-state index >= 15 is 0 Å². The van der Waals surface area contributed by atoms with E-state index in [1.54, 1.807) is 12.1 Å². The predicted molar refractivity (Wildman–Crippen MR) is 95.9 cm³/mol. The van der Waals surface area contributed by atoms with Crippen LogP contribution in [-0.2, 0) is 4.57 Å². The van der Waals surface area contributed by atoms with E-state index in [0.29, 0.717) is 11.3 Å². The van der Waals surface area contributed by atoms with E-state index < -0.39 is 13.6 Å². The summed E-state index contributed by atoms with van der Waals surface area (Å²) in [5.41, 5.74) is 0.115. The summed E-state index contributed by atoms with van der Waals surface area (Å²) in [7, 11) is -2.65. The summed E-state index contributed by atoms with van der Waals surface area (Å²) in [4.78, 5) is 20.9. The monoisotopic (exact) mass is 402 g/mol. The van der Waals surface area contributed by atoms with Crippen molar-refractivity contribution in [3.63, 3.8) is 0 Å². The predicted octanol–water partition coefficient (Wildman–Crippen LogP) is 4.94. The molecule has 25 heavy (non-hydrogen) atoms. The molecule has 2 rings (SSSR count). The van der Waals surface area contributed by atoms with Gasteiger partial charge in [-0.2, -0.15) is 0 Å². The Balaban J connectivity index is 2.22. The average molecular weight is 403 g/mol. The van der Waals surface area contributed by atoms with Gasteiger partial charge in [0, 0.05) is 11.9 Å². The van der Waals surface area contributed by atoms with Gasteiger partial charge in [-0.05, 0) is 35.9 Å². The SMILES string of the molecule is COc1cccc(OP(=O)(O)/C=C/c2cc(Cl)c(C(=O)O)c(Cl)c2)c1. The molecule has 9 heteroatoms. The van der Waals surface area contributed by atoms with Crippen molar-refractivity contribution in [1.29, 1.82) is 0 Å². The number of halogens is 2. The number of carboxylic acid groups (broad SMARTS) is 1. The largest absolute Gasteiger partial charge is 0.497 e. The average Bonchev–Trinajstić information content (AvgIpc) is 2.52. The van der Waals surface area contributed by atoms with Gasteiger partial charge in [-0.3, -0.25) is 0 Å². The number of hydrogen-bond acceptors (Lipinski definition) is 4. The van der Waals surface area contributed by atoms with Crippen LogP contribution in [0.1, 0.15) is 15.9 Å². The van der Waals surface area contributed by atoms with Crippen molar-refractivity contribution >= 4 is 42.8 Å². The Hall–Kier alpha value is -1.98. The van der Waals surface area contributed by atoms with Crippen molar-refractivity contribution < 1.29 is 28.6 Å². The molecule has 0 saturated heterocycles. The lowest BCUT2D eigenvalue weighted by atomic mass is 10.1. The van der Waals surface area contributed by atoms with Crippen LogP contribution < -0.4 is 9.26 Å². The lowest BCUT2D eigenvalue weighted by molar-refractivity contribution is 0.0697. The molecule has 0 aliphatic rings. The number of hydrogen-bond donors (Lipinski definition) is 2. The third kappa shape index (κ3) is 5.25. The number of carbonyl (C=O) groups is 1. The van der Waals surface area contributed by atoms with Crippen LogP contribution in [0.15, 0.2) is 42.2 Å². The summed E-state index contributed by atoms with van der Waals surface area (Å²) >= 11 is 11.7. The van der Waals surface area contributed by atoms with Gasteiger partial charge < -0.3 is 19.3 Å². The fraction of sp³-hybridized carbons (Fsp3) is 0.0625. The highest BCUT2D eigenvalue weighted by Crippen LogP contribution is 2.45. The van der Waals surface area contributed by atoms with E-state index in [0.717, 1.165) is 5.82 Å². The minimum atomic E-state index is -4.11. The Morgan fingerprint density at radius 1 is 1.16 bits per heavy atom. The summed E-state index contributed by atoms with van der Waals surface area (Å²) in [6, 6.07) is 8.89. The highest BCUT2D eigenvalue weighted by atomic mass is 35.5. The molecule has 1 unspecified atom stereocenters. The van der Waals surface area contributed by atoms with Gasteiger partial charge in [0.2, 0.25) is 0 Å². The van der Waals surface area contributed by atoms with E-state index in [2.05, 4.69) is 0 Å². The second-order valence-electron chi connectivity index (χ2n) is 4.81. The third-order valence-corrected chi connectivity index (χ3v) is 4.61. The van der Waals surface area contributed by atoms with Crippen LogP contribution in [0, 0.1) is 0 Å². The fourth-order valence-corrected chi connectivity index (χ4v) is 3.42. The van der Waals surface area contributed by atoms with Crippen LogP contribution in [0.25, 0.3) is 6.08 Å². The van der Waals surface area contributed by atoms with Gasteiger partial charge in [0.15, 0.2) is 0 Å².